The van der Waals surface area contributed by atoms with Crippen molar-refractivity contribution in [3.8, 4) is 5.75 Å². The van der Waals surface area contributed by atoms with Gasteiger partial charge in [-0.05, 0) is 60.5 Å². The van der Waals surface area contributed by atoms with Gasteiger partial charge in [-0.3, -0.25) is 9.59 Å². The minimum atomic E-state index is -1.29. The SMILES string of the molecule is CCC(Sc1cccc(NC(=O)Cc2ccc(Cl)cc2)c1)C(=O)Nc1ccc(O)c(C(=O)O)c1. The zero-order chi connectivity index (χ0) is 24.7. The number of aromatic hydroxyl groups is 1. The van der Waals surface area contributed by atoms with Crippen LogP contribution in [0.5, 0.6) is 5.75 Å². The number of halogens is 1. The number of carbonyl (C=O) groups is 3. The molecule has 3 rings (SSSR count). The highest BCUT2D eigenvalue weighted by atomic mass is 35.5. The van der Waals surface area contributed by atoms with Gasteiger partial charge in [0.1, 0.15) is 11.3 Å². The highest BCUT2D eigenvalue weighted by molar-refractivity contribution is 8.00. The molecule has 0 bridgehead atoms. The van der Waals surface area contributed by atoms with Crippen molar-refractivity contribution in [2.75, 3.05) is 10.6 Å². The monoisotopic (exact) mass is 498 g/mol. The van der Waals surface area contributed by atoms with E-state index < -0.39 is 11.2 Å². The van der Waals surface area contributed by atoms with Gasteiger partial charge in [-0.1, -0.05) is 36.7 Å². The minimum Gasteiger partial charge on any atom is -0.507 e. The number of nitrogens with one attached hydrogen (secondary N) is 2. The Hall–Kier alpha value is -3.49. The van der Waals surface area contributed by atoms with Gasteiger partial charge in [0.05, 0.1) is 11.7 Å². The molecule has 34 heavy (non-hydrogen) atoms. The van der Waals surface area contributed by atoms with E-state index in [1.807, 2.05) is 13.0 Å². The Morgan fingerprint density at radius 2 is 1.68 bits per heavy atom. The molecule has 7 nitrogen and oxygen atoms in total. The summed E-state index contributed by atoms with van der Waals surface area (Å²) in [6.07, 6.45) is 0.729. The molecule has 0 saturated carbocycles. The Morgan fingerprint density at radius 1 is 0.971 bits per heavy atom. The van der Waals surface area contributed by atoms with Gasteiger partial charge in [-0.2, -0.15) is 0 Å². The summed E-state index contributed by atoms with van der Waals surface area (Å²) in [6, 6.07) is 18.1. The summed E-state index contributed by atoms with van der Waals surface area (Å²) in [7, 11) is 0. The average molecular weight is 499 g/mol. The zero-order valence-corrected chi connectivity index (χ0v) is 19.8. The van der Waals surface area contributed by atoms with E-state index in [2.05, 4.69) is 10.6 Å². The number of carboxylic acids is 1. The van der Waals surface area contributed by atoms with Crippen LogP contribution >= 0.6 is 23.4 Å². The molecule has 2 amide bonds. The van der Waals surface area contributed by atoms with Gasteiger partial charge in [0.2, 0.25) is 11.8 Å². The van der Waals surface area contributed by atoms with E-state index in [0.717, 1.165) is 10.5 Å². The second-order valence-corrected chi connectivity index (χ2v) is 9.13. The summed E-state index contributed by atoms with van der Waals surface area (Å²) < 4.78 is 0. The van der Waals surface area contributed by atoms with Crippen molar-refractivity contribution in [1.29, 1.82) is 0 Å². The van der Waals surface area contributed by atoms with Gasteiger partial charge in [0.25, 0.3) is 0 Å². The Bertz CT molecular complexity index is 1200. The molecule has 1 atom stereocenters. The molecular weight excluding hydrogens is 476 g/mol. The van der Waals surface area contributed by atoms with Gasteiger partial charge in [-0.25, -0.2) is 4.79 Å². The second-order valence-electron chi connectivity index (χ2n) is 7.42. The quantitative estimate of drug-likeness (QED) is 0.231. The Morgan fingerprint density at radius 3 is 2.35 bits per heavy atom. The maximum absolute atomic E-state index is 12.8. The van der Waals surface area contributed by atoms with E-state index in [-0.39, 0.29) is 35.2 Å². The van der Waals surface area contributed by atoms with E-state index in [0.29, 0.717) is 17.1 Å². The topological polar surface area (TPSA) is 116 Å². The number of hydrogen-bond donors (Lipinski definition) is 4. The fraction of sp³-hybridized carbons (Fsp3) is 0.160. The summed E-state index contributed by atoms with van der Waals surface area (Å²) in [6.45, 7) is 1.87. The Balaban J connectivity index is 1.63. The summed E-state index contributed by atoms with van der Waals surface area (Å²) in [5.41, 5.74) is 1.45. The second kappa shape index (κ2) is 11.6. The van der Waals surface area contributed by atoms with Crippen LogP contribution in [0.3, 0.4) is 0 Å². The number of phenols is 1. The van der Waals surface area contributed by atoms with Gasteiger partial charge in [0.15, 0.2) is 0 Å². The molecule has 1 unspecified atom stereocenters. The number of anilines is 2. The summed E-state index contributed by atoms with van der Waals surface area (Å²) in [5.74, 6) is -2.13. The maximum atomic E-state index is 12.8. The van der Waals surface area contributed by atoms with Crippen LogP contribution in [0.15, 0.2) is 71.6 Å². The minimum absolute atomic E-state index is 0.171. The van der Waals surface area contributed by atoms with Crippen molar-refractivity contribution in [3.63, 3.8) is 0 Å². The van der Waals surface area contributed by atoms with E-state index in [4.69, 9.17) is 16.7 Å². The van der Waals surface area contributed by atoms with E-state index >= 15 is 0 Å². The number of hydrogen-bond acceptors (Lipinski definition) is 5. The Labute approximate surface area is 206 Å². The van der Waals surface area contributed by atoms with Crippen LogP contribution in [-0.2, 0) is 16.0 Å². The predicted molar refractivity (Wildman–Crippen MR) is 134 cm³/mol. The number of thioether (sulfide) groups is 1. The molecule has 3 aromatic carbocycles. The first-order valence-electron chi connectivity index (χ1n) is 10.4. The van der Waals surface area contributed by atoms with Crippen LogP contribution in [0, 0.1) is 0 Å². The van der Waals surface area contributed by atoms with Gasteiger partial charge < -0.3 is 20.8 Å². The molecule has 0 aromatic heterocycles. The molecule has 0 aliphatic carbocycles. The third-order valence-corrected chi connectivity index (χ3v) is 6.44. The molecule has 0 aliphatic rings. The third kappa shape index (κ3) is 7.00. The molecule has 0 fully saturated rings. The van der Waals surface area contributed by atoms with Crippen LogP contribution in [0.1, 0.15) is 29.3 Å². The molecule has 3 aromatic rings. The van der Waals surface area contributed by atoms with Crippen LogP contribution in [-0.4, -0.2) is 33.2 Å². The average Bonchev–Trinajstić information content (AvgIpc) is 2.80. The maximum Gasteiger partial charge on any atom is 0.339 e. The van der Waals surface area contributed by atoms with Crippen molar-refractivity contribution in [1.82, 2.24) is 0 Å². The molecule has 0 heterocycles. The Kier molecular flexibility index (Phi) is 8.56. The fourth-order valence-corrected chi connectivity index (χ4v) is 4.27. The summed E-state index contributed by atoms with van der Waals surface area (Å²) in [5, 5.41) is 24.5. The van der Waals surface area contributed by atoms with Crippen molar-refractivity contribution in [2.24, 2.45) is 0 Å². The number of benzene rings is 3. The lowest BCUT2D eigenvalue weighted by atomic mass is 10.1. The van der Waals surface area contributed by atoms with Crippen LogP contribution in [0.4, 0.5) is 11.4 Å². The number of rotatable bonds is 9. The van der Waals surface area contributed by atoms with E-state index in [1.165, 1.54) is 30.0 Å². The first-order valence-corrected chi connectivity index (χ1v) is 11.7. The highest BCUT2D eigenvalue weighted by Crippen LogP contribution is 2.29. The lowest BCUT2D eigenvalue weighted by molar-refractivity contribution is -0.116. The molecule has 176 valence electrons. The number of carbonyl (C=O) groups excluding carboxylic acids is 2. The predicted octanol–water partition coefficient (Wildman–Crippen LogP) is 5.43. The van der Waals surface area contributed by atoms with Gasteiger partial charge in [0, 0.05) is 21.3 Å². The van der Waals surface area contributed by atoms with Crippen LogP contribution < -0.4 is 10.6 Å². The van der Waals surface area contributed by atoms with Gasteiger partial charge in [-0.15, -0.1) is 11.8 Å². The molecule has 9 heteroatoms. The lowest BCUT2D eigenvalue weighted by Gasteiger charge is -2.16. The smallest absolute Gasteiger partial charge is 0.339 e. The molecule has 0 radical (unpaired) electrons. The molecular formula is C25H23ClN2O5S. The molecule has 0 spiro atoms. The first-order chi connectivity index (χ1) is 16.2. The normalized spacial score (nSPS) is 11.5. The third-order valence-electron chi connectivity index (χ3n) is 4.83. The molecule has 0 saturated heterocycles. The summed E-state index contributed by atoms with van der Waals surface area (Å²) in [4.78, 5) is 37.2. The van der Waals surface area contributed by atoms with Crippen molar-refractivity contribution < 1.29 is 24.6 Å². The first kappa shape index (κ1) is 25.1. The number of amides is 2. The van der Waals surface area contributed by atoms with Crippen LogP contribution in [0.25, 0.3) is 0 Å². The highest BCUT2D eigenvalue weighted by Gasteiger charge is 2.20. The summed E-state index contributed by atoms with van der Waals surface area (Å²) >= 11 is 7.21. The van der Waals surface area contributed by atoms with E-state index in [9.17, 15) is 19.5 Å². The number of carboxylic acid groups (broad SMARTS) is 1. The van der Waals surface area contributed by atoms with Crippen molar-refractivity contribution in [2.45, 2.75) is 29.9 Å². The molecule has 4 N–H and O–H groups in total. The zero-order valence-electron chi connectivity index (χ0n) is 18.2. The van der Waals surface area contributed by atoms with Gasteiger partial charge >= 0.3 is 5.97 Å². The number of aromatic carboxylic acids is 1. The lowest BCUT2D eigenvalue weighted by Crippen LogP contribution is -2.24. The van der Waals surface area contributed by atoms with E-state index in [1.54, 1.807) is 42.5 Å². The fourth-order valence-electron chi connectivity index (χ4n) is 3.13. The van der Waals surface area contributed by atoms with Crippen molar-refractivity contribution in [3.05, 3.63) is 82.9 Å². The largest absolute Gasteiger partial charge is 0.507 e. The molecule has 0 aliphatic heterocycles. The van der Waals surface area contributed by atoms with Crippen molar-refractivity contribution >= 4 is 52.5 Å². The standard InChI is InChI=1S/C25H23ClN2O5S/c1-2-22(24(31)28-18-10-11-21(29)20(14-18)25(32)33)34-19-5-3-4-17(13-19)27-23(30)12-15-6-8-16(26)9-7-15/h3-11,13-14,22,29H,2,12H2,1H3,(H,27,30)(H,28,31)(H,32,33). The van der Waals surface area contributed by atoms with Crippen LogP contribution in [0.2, 0.25) is 5.02 Å².